The first-order chi connectivity index (χ1) is 17.6. The predicted octanol–water partition coefficient (Wildman–Crippen LogP) is 4.93. The Hall–Kier alpha value is -4.22. The summed E-state index contributed by atoms with van der Waals surface area (Å²) in [5, 5.41) is 9.13. The van der Waals surface area contributed by atoms with Crippen LogP contribution in [0.3, 0.4) is 0 Å². The summed E-state index contributed by atoms with van der Waals surface area (Å²) in [7, 11) is 5.76. The van der Waals surface area contributed by atoms with E-state index >= 15 is 0 Å². The molecule has 0 unspecified atom stereocenters. The lowest BCUT2D eigenvalue weighted by Crippen LogP contribution is -2.24. The highest BCUT2D eigenvalue weighted by Gasteiger charge is 2.18. The number of aryl methyl sites for hydroxylation is 1. The van der Waals surface area contributed by atoms with E-state index in [2.05, 4.69) is 33.0 Å². The molecular weight excluding hydrogens is 450 g/mol. The van der Waals surface area contributed by atoms with Crippen molar-refractivity contribution in [2.45, 2.75) is 19.3 Å². The highest BCUT2D eigenvalue weighted by Crippen LogP contribution is 2.38. The maximum absolute atomic E-state index is 9.13. The summed E-state index contributed by atoms with van der Waals surface area (Å²) in [6, 6.07) is 13.7. The van der Waals surface area contributed by atoms with E-state index in [1.54, 1.807) is 26.0 Å². The molecule has 6 rings (SSSR count). The lowest BCUT2D eigenvalue weighted by Gasteiger charge is -2.20. The normalized spacial score (nSPS) is 13.8. The zero-order chi connectivity index (χ0) is 25.1. The van der Waals surface area contributed by atoms with Gasteiger partial charge in [0.15, 0.2) is 5.65 Å². The van der Waals surface area contributed by atoms with E-state index in [0.29, 0.717) is 5.56 Å². The second-order valence-corrected chi connectivity index (χ2v) is 9.10. The van der Waals surface area contributed by atoms with Gasteiger partial charge in [0, 0.05) is 24.4 Å². The fourth-order valence-electron chi connectivity index (χ4n) is 4.66. The molecule has 0 spiro atoms. The Bertz CT molecular complexity index is 1540. The Morgan fingerprint density at radius 3 is 2.36 bits per heavy atom. The fraction of sp³-hybridized carbons (Fsp3) is 0.286. The van der Waals surface area contributed by atoms with Gasteiger partial charge < -0.3 is 14.2 Å². The molecule has 4 aromatic heterocycles. The average molecular weight is 480 g/mol. The number of hydrogen-bond donors (Lipinski definition) is 0. The zero-order valence-corrected chi connectivity index (χ0v) is 20.8. The summed E-state index contributed by atoms with van der Waals surface area (Å²) in [5.41, 5.74) is 6.89. The number of ether oxygens (including phenoxy) is 1. The van der Waals surface area contributed by atoms with Gasteiger partial charge in [-0.15, -0.1) is 0 Å². The van der Waals surface area contributed by atoms with Gasteiger partial charge in [-0.05, 0) is 62.8 Å². The van der Waals surface area contributed by atoms with Gasteiger partial charge >= 0.3 is 0 Å². The van der Waals surface area contributed by atoms with Crippen LogP contribution in [-0.4, -0.2) is 56.1 Å². The van der Waals surface area contributed by atoms with Crippen LogP contribution in [0.2, 0.25) is 0 Å². The van der Waals surface area contributed by atoms with Gasteiger partial charge in [0.25, 0.3) is 0 Å². The molecule has 182 valence electrons. The molecule has 8 heteroatoms. The highest BCUT2D eigenvalue weighted by molar-refractivity contribution is 5.88. The van der Waals surface area contributed by atoms with Crippen LogP contribution in [0.5, 0.6) is 5.75 Å². The van der Waals surface area contributed by atoms with Crippen molar-refractivity contribution in [2.75, 3.05) is 27.2 Å². The van der Waals surface area contributed by atoms with Crippen molar-refractivity contribution < 1.29 is 4.74 Å². The van der Waals surface area contributed by atoms with E-state index in [4.69, 9.17) is 10.00 Å². The SMILES string of the molecule is CN1CCCCC1.COc1cc(-c2ccc(C#N)cc2)c(-c2cnc3c(c2)ncn3C)n2cncc12. The molecule has 5 heterocycles. The van der Waals surface area contributed by atoms with Crippen LogP contribution in [0, 0.1) is 11.3 Å². The van der Waals surface area contributed by atoms with Gasteiger partial charge in [0.1, 0.15) is 16.8 Å². The first kappa shape index (κ1) is 23.5. The molecule has 0 radical (unpaired) electrons. The minimum Gasteiger partial charge on any atom is -0.494 e. The predicted molar refractivity (Wildman–Crippen MR) is 141 cm³/mol. The molecule has 1 aromatic carbocycles. The van der Waals surface area contributed by atoms with Gasteiger partial charge in [-0.1, -0.05) is 18.6 Å². The molecule has 0 atom stereocenters. The molecule has 1 saturated heterocycles. The molecule has 5 aromatic rings. The number of benzene rings is 1. The number of rotatable bonds is 3. The molecule has 0 aliphatic carbocycles. The zero-order valence-electron chi connectivity index (χ0n) is 20.8. The van der Waals surface area contributed by atoms with Crippen LogP contribution in [0.1, 0.15) is 24.8 Å². The van der Waals surface area contributed by atoms with E-state index in [1.807, 2.05) is 58.6 Å². The third kappa shape index (κ3) is 4.53. The standard InChI is InChI=1S/C22H16N6O.C6H13N/c1-27-13-26-18-7-16(10-25-22(18)27)21-17(15-5-3-14(9-23)4-6-15)8-20(29-2)19-11-24-12-28(19)21;1-7-5-3-2-4-6-7/h3-8,10-13H,1-2H3;2-6H2,1H3. The summed E-state index contributed by atoms with van der Waals surface area (Å²) in [6.45, 7) is 2.64. The van der Waals surface area contributed by atoms with Crippen LogP contribution >= 0.6 is 0 Å². The van der Waals surface area contributed by atoms with Crippen LogP contribution < -0.4 is 4.74 Å². The van der Waals surface area contributed by atoms with Crippen LogP contribution in [0.25, 0.3) is 39.1 Å². The van der Waals surface area contributed by atoms with E-state index in [-0.39, 0.29) is 0 Å². The quantitative estimate of drug-likeness (QED) is 0.365. The van der Waals surface area contributed by atoms with Crippen molar-refractivity contribution in [1.29, 1.82) is 5.26 Å². The second-order valence-electron chi connectivity index (χ2n) is 9.10. The summed E-state index contributed by atoms with van der Waals surface area (Å²) in [4.78, 5) is 15.8. The number of likely N-dealkylation sites (tertiary alicyclic amines) is 1. The van der Waals surface area contributed by atoms with E-state index in [0.717, 1.165) is 44.8 Å². The summed E-state index contributed by atoms with van der Waals surface area (Å²) in [5.74, 6) is 0.720. The first-order valence-electron chi connectivity index (χ1n) is 12.1. The molecule has 0 saturated carbocycles. The Morgan fingerprint density at radius 1 is 0.917 bits per heavy atom. The molecule has 0 bridgehead atoms. The first-order valence-corrected chi connectivity index (χ1v) is 12.1. The summed E-state index contributed by atoms with van der Waals surface area (Å²) < 4.78 is 9.50. The molecule has 36 heavy (non-hydrogen) atoms. The van der Waals surface area contributed by atoms with Crippen LogP contribution in [0.4, 0.5) is 0 Å². The Labute approximate surface area is 210 Å². The summed E-state index contributed by atoms with van der Waals surface area (Å²) >= 11 is 0. The number of pyridine rings is 2. The van der Waals surface area contributed by atoms with Crippen molar-refractivity contribution in [2.24, 2.45) is 7.05 Å². The Balaban J connectivity index is 0.000000330. The molecule has 0 amide bonds. The number of imidazole rings is 2. The third-order valence-electron chi connectivity index (χ3n) is 6.61. The largest absolute Gasteiger partial charge is 0.494 e. The van der Waals surface area contributed by atoms with Crippen molar-refractivity contribution in [1.82, 2.24) is 28.8 Å². The molecule has 1 fully saturated rings. The molecule has 8 nitrogen and oxygen atoms in total. The number of aromatic nitrogens is 5. The fourth-order valence-corrected chi connectivity index (χ4v) is 4.66. The molecule has 1 aliphatic heterocycles. The molecule has 1 aliphatic rings. The number of methoxy groups -OCH3 is 1. The maximum Gasteiger partial charge on any atom is 0.159 e. The van der Waals surface area contributed by atoms with E-state index in [1.165, 1.54) is 32.4 Å². The number of hydrogen-bond acceptors (Lipinski definition) is 6. The lowest BCUT2D eigenvalue weighted by molar-refractivity contribution is 0.277. The van der Waals surface area contributed by atoms with Gasteiger partial charge in [-0.25, -0.2) is 15.0 Å². The summed E-state index contributed by atoms with van der Waals surface area (Å²) in [6.07, 6.45) is 11.4. The van der Waals surface area contributed by atoms with Crippen molar-refractivity contribution in [3.8, 4) is 34.2 Å². The minimum absolute atomic E-state index is 0.613. The minimum atomic E-state index is 0.613. The number of nitrogens with zero attached hydrogens (tertiary/aromatic N) is 7. The average Bonchev–Trinajstić information content (AvgIpc) is 3.55. The monoisotopic (exact) mass is 479 g/mol. The van der Waals surface area contributed by atoms with Crippen LogP contribution in [-0.2, 0) is 7.05 Å². The smallest absolute Gasteiger partial charge is 0.159 e. The topological polar surface area (TPSA) is 84.3 Å². The number of piperidine rings is 1. The van der Waals surface area contributed by atoms with Crippen LogP contribution in [0.15, 0.2) is 61.4 Å². The lowest BCUT2D eigenvalue weighted by atomic mass is 9.98. The number of fused-ring (bicyclic) bond motifs is 2. The van der Waals surface area contributed by atoms with E-state index < -0.39 is 0 Å². The molecular formula is C28H29N7O. The Morgan fingerprint density at radius 2 is 1.69 bits per heavy atom. The van der Waals surface area contributed by atoms with Gasteiger partial charge in [-0.3, -0.25) is 4.40 Å². The van der Waals surface area contributed by atoms with Crippen molar-refractivity contribution >= 4 is 16.7 Å². The maximum atomic E-state index is 9.13. The van der Waals surface area contributed by atoms with Gasteiger partial charge in [0.2, 0.25) is 0 Å². The van der Waals surface area contributed by atoms with Crippen molar-refractivity contribution in [3.63, 3.8) is 0 Å². The van der Waals surface area contributed by atoms with Gasteiger partial charge in [-0.2, -0.15) is 5.26 Å². The highest BCUT2D eigenvalue weighted by atomic mass is 16.5. The Kier molecular flexibility index (Phi) is 6.65. The van der Waals surface area contributed by atoms with E-state index in [9.17, 15) is 0 Å². The van der Waals surface area contributed by atoms with Crippen molar-refractivity contribution in [3.05, 3.63) is 67.0 Å². The second kappa shape index (κ2) is 10.2. The number of nitriles is 1. The van der Waals surface area contributed by atoms with Gasteiger partial charge in [0.05, 0.1) is 43.3 Å². The molecule has 0 N–H and O–H groups in total. The third-order valence-corrected chi connectivity index (χ3v) is 6.61.